The van der Waals surface area contributed by atoms with Crippen LogP contribution in [0.25, 0.3) is 0 Å². The van der Waals surface area contributed by atoms with E-state index < -0.39 is 17.8 Å². The summed E-state index contributed by atoms with van der Waals surface area (Å²) >= 11 is 0. The van der Waals surface area contributed by atoms with Gasteiger partial charge in [0.15, 0.2) is 11.6 Å². The lowest BCUT2D eigenvalue weighted by Gasteiger charge is -2.26. The van der Waals surface area contributed by atoms with Gasteiger partial charge < -0.3 is 24.6 Å². The number of anilines is 1. The normalized spacial score (nSPS) is 18.3. The predicted octanol–water partition coefficient (Wildman–Crippen LogP) is 4.36. The van der Waals surface area contributed by atoms with E-state index in [1.807, 2.05) is 4.90 Å². The zero-order chi connectivity index (χ0) is 26.2. The first-order chi connectivity index (χ1) is 18.0. The Morgan fingerprint density at radius 2 is 2.14 bits per heavy atom. The lowest BCUT2D eigenvalue weighted by molar-refractivity contribution is -0.143. The molecule has 2 aliphatic rings. The number of fused-ring (bicyclic) bond motifs is 1. The molecule has 0 amide bonds. The van der Waals surface area contributed by atoms with Crippen molar-refractivity contribution in [2.24, 2.45) is 0 Å². The molecule has 1 fully saturated rings. The lowest BCUT2D eigenvalue weighted by Crippen LogP contribution is -2.34. The van der Waals surface area contributed by atoms with Gasteiger partial charge in [0.1, 0.15) is 11.9 Å². The highest BCUT2D eigenvalue weighted by Gasteiger charge is 2.36. The van der Waals surface area contributed by atoms with Crippen molar-refractivity contribution in [1.29, 1.82) is 0 Å². The molecule has 8 nitrogen and oxygen atoms in total. The number of aryl methyl sites for hydroxylation is 2. The van der Waals surface area contributed by atoms with Crippen LogP contribution in [0.15, 0.2) is 24.3 Å². The Morgan fingerprint density at radius 1 is 1.27 bits per heavy atom. The SMILES string of the molecule is COCc1cc(F)c(OC)c([C@H](C(=O)O)N2CC[C@@H](OCCCCCc3ccc4c(n3)NCCC4)C2)c1. The maximum absolute atomic E-state index is 14.6. The molecule has 9 heteroatoms. The van der Waals surface area contributed by atoms with Crippen molar-refractivity contribution >= 4 is 11.8 Å². The van der Waals surface area contributed by atoms with Gasteiger partial charge in [0.05, 0.1) is 19.8 Å². The highest BCUT2D eigenvalue weighted by atomic mass is 19.1. The largest absolute Gasteiger partial charge is 0.493 e. The summed E-state index contributed by atoms with van der Waals surface area (Å²) in [4.78, 5) is 18.9. The molecule has 2 atom stereocenters. The van der Waals surface area contributed by atoms with Gasteiger partial charge in [-0.1, -0.05) is 12.5 Å². The third-order valence-electron chi connectivity index (χ3n) is 7.10. The number of methoxy groups -OCH3 is 2. The molecule has 0 spiro atoms. The zero-order valence-electron chi connectivity index (χ0n) is 21.8. The summed E-state index contributed by atoms with van der Waals surface area (Å²) in [5, 5.41) is 13.4. The Bertz CT molecular complexity index is 1070. The first kappa shape index (κ1) is 27.3. The van der Waals surface area contributed by atoms with E-state index in [1.54, 1.807) is 6.07 Å². The van der Waals surface area contributed by atoms with Gasteiger partial charge in [-0.15, -0.1) is 0 Å². The molecule has 37 heavy (non-hydrogen) atoms. The Morgan fingerprint density at radius 3 is 2.92 bits per heavy atom. The molecular weight excluding hydrogens is 477 g/mol. The Hall–Kier alpha value is -2.75. The van der Waals surface area contributed by atoms with Crippen LogP contribution in [0.3, 0.4) is 0 Å². The van der Waals surface area contributed by atoms with Crippen molar-refractivity contribution in [2.45, 2.75) is 63.7 Å². The summed E-state index contributed by atoms with van der Waals surface area (Å²) in [7, 11) is 2.87. The third-order valence-corrected chi connectivity index (χ3v) is 7.10. The van der Waals surface area contributed by atoms with Crippen LogP contribution in [0, 0.1) is 5.82 Å². The van der Waals surface area contributed by atoms with Gasteiger partial charge in [0.2, 0.25) is 0 Å². The van der Waals surface area contributed by atoms with Crippen molar-refractivity contribution in [3.63, 3.8) is 0 Å². The van der Waals surface area contributed by atoms with Gasteiger partial charge in [-0.2, -0.15) is 0 Å². The fraction of sp³-hybridized carbons (Fsp3) is 0.571. The van der Waals surface area contributed by atoms with Crippen LogP contribution in [-0.2, 0) is 33.7 Å². The Balaban J connectivity index is 1.25. The van der Waals surface area contributed by atoms with Gasteiger partial charge in [0, 0.05) is 44.6 Å². The number of rotatable bonds is 13. The highest BCUT2D eigenvalue weighted by Crippen LogP contribution is 2.35. The Labute approximate surface area is 218 Å². The number of unbranched alkanes of at least 4 members (excludes halogenated alkanes) is 2. The maximum atomic E-state index is 14.6. The third kappa shape index (κ3) is 6.97. The number of carboxylic acid groups (broad SMARTS) is 1. The van der Waals surface area contributed by atoms with Crippen molar-refractivity contribution < 1.29 is 28.5 Å². The zero-order valence-corrected chi connectivity index (χ0v) is 21.8. The first-order valence-electron chi connectivity index (χ1n) is 13.2. The van der Waals surface area contributed by atoms with Gasteiger partial charge in [0.25, 0.3) is 0 Å². The van der Waals surface area contributed by atoms with Crippen LogP contribution in [0.2, 0.25) is 0 Å². The van der Waals surface area contributed by atoms with E-state index in [9.17, 15) is 14.3 Å². The summed E-state index contributed by atoms with van der Waals surface area (Å²) in [5.74, 6) is -0.629. The minimum atomic E-state index is -1.04. The molecule has 1 saturated heterocycles. The van der Waals surface area contributed by atoms with Gasteiger partial charge in [-0.3, -0.25) is 9.69 Å². The van der Waals surface area contributed by atoms with E-state index in [2.05, 4.69) is 17.4 Å². The van der Waals surface area contributed by atoms with E-state index in [0.29, 0.717) is 30.8 Å². The van der Waals surface area contributed by atoms with Crippen LogP contribution in [0.1, 0.15) is 60.5 Å². The molecular formula is C28H38FN3O5. The number of nitrogens with zero attached hydrogens (tertiary/aromatic N) is 2. The van der Waals surface area contributed by atoms with Crippen LogP contribution in [-0.4, -0.2) is 67.5 Å². The molecule has 202 valence electrons. The van der Waals surface area contributed by atoms with E-state index >= 15 is 0 Å². The van der Waals surface area contributed by atoms with Gasteiger partial charge in [-0.25, -0.2) is 9.37 Å². The van der Waals surface area contributed by atoms with E-state index in [-0.39, 0.29) is 18.5 Å². The number of likely N-dealkylation sites (tertiary alicyclic amines) is 1. The molecule has 0 saturated carbocycles. The summed E-state index contributed by atoms with van der Waals surface area (Å²) in [6, 6.07) is 6.29. The van der Waals surface area contributed by atoms with Gasteiger partial charge >= 0.3 is 5.97 Å². The molecule has 0 aliphatic carbocycles. The molecule has 0 unspecified atom stereocenters. The average molecular weight is 516 g/mol. The number of halogens is 1. The quantitative estimate of drug-likeness (QED) is 0.380. The van der Waals surface area contributed by atoms with Crippen molar-refractivity contribution in [2.75, 3.05) is 45.8 Å². The Kier molecular flexibility index (Phi) is 9.71. The van der Waals surface area contributed by atoms with Gasteiger partial charge in [-0.05, 0) is 67.9 Å². The number of carboxylic acids is 1. The number of ether oxygens (including phenoxy) is 3. The van der Waals surface area contributed by atoms with Crippen LogP contribution >= 0.6 is 0 Å². The van der Waals surface area contributed by atoms with Crippen LogP contribution in [0.5, 0.6) is 5.75 Å². The van der Waals surface area contributed by atoms with E-state index in [1.165, 1.54) is 25.8 Å². The van der Waals surface area contributed by atoms with E-state index in [0.717, 1.165) is 63.0 Å². The summed E-state index contributed by atoms with van der Waals surface area (Å²) in [5.41, 5.74) is 3.30. The van der Waals surface area contributed by atoms with Crippen LogP contribution in [0.4, 0.5) is 10.2 Å². The fourth-order valence-electron chi connectivity index (χ4n) is 5.30. The molecule has 1 aromatic carbocycles. The number of hydrogen-bond donors (Lipinski definition) is 2. The first-order valence-corrected chi connectivity index (χ1v) is 13.2. The lowest BCUT2D eigenvalue weighted by atomic mass is 10.0. The number of aliphatic carboxylic acids is 1. The standard InChI is InChI=1S/C28H38FN3O5/c1-35-18-19-15-23(26(36-2)24(29)16-19)25(28(33)34)32-13-11-22(17-32)37-14-5-3-4-8-21-10-9-20-7-6-12-30-27(20)31-21/h9-10,15-16,22,25H,3-8,11-14,17-18H2,1-2H3,(H,30,31)(H,33,34)/t22-,25-/m1/s1. The molecule has 0 bridgehead atoms. The topological polar surface area (TPSA) is 93.2 Å². The minimum absolute atomic E-state index is 0.0409. The molecule has 2 aliphatic heterocycles. The predicted molar refractivity (Wildman–Crippen MR) is 139 cm³/mol. The highest BCUT2D eigenvalue weighted by molar-refractivity contribution is 5.77. The summed E-state index contributed by atoms with van der Waals surface area (Å²) < 4.78 is 31.1. The molecule has 2 N–H and O–H groups in total. The second-order valence-corrected chi connectivity index (χ2v) is 9.80. The molecule has 0 radical (unpaired) electrons. The van der Waals surface area contributed by atoms with E-state index in [4.69, 9.17) is 19.2 Å². The number of hydrogen-bond acceptors (Lipinski definition) is 7. The van der Waals surface area contributed by atoms with Crippen molar-refractivity contribution in [3.8, 4) is 5.75 Å². The van der Waals surface area contributed by atoms with Crippen LogP contribution < -0.4 is 10.1 Å². The number of carbonyl (C=O) groups is 1. The molecule has 1 aromatic heterocycles. The number of nitrogens with one attached hydrogen (secondary N) is 1. The second kappa shape index (κ2) is 13.2. The second-order valence-electron chi connectivity index (χ2n) is 9.80. The summed E-state index contributed by atoms with van der Waals surface area (Å²) in [6.07, 6.45) is 6.94. The number of aromatic nitrogens is 1. The number of benzene rings is 1. The fourth-order valence-corrected chi connectivity index (χ4v) is 5.30. The maximum Gasteiger partial charge on any atom is 0.325 e. The summed E-state index contributed by atoms with van der Waals surface area (Å²) in [6.45, 7) is 2.85. The van der Waals surface area contributed by atoms with Crippen molar-refractivity contribution in [1.82, 2.24) is 9.88 Å². The molecule has 3 heterocycles. The van der Waals surface area contributed by atoms with Crippen molar-refractivity contribution in [3.05, 3.63) is 52.5 Å². The monoisotopic (exact) mass is 515 g/mol. The average Bonchev–Trinajstić information content (AvgIpc) is 3.34. The molecule has 4 rings (SSSR count). The smallest absolute Gasteiger partial charge is 0.325 e. The number of pyridine rings is 1. The molecule has 2 aromatic rings. The minimum Gasteiger partial charge on any atom is -0.493 e.